The molecule has 0 fully saturated rings. The molecule has 0 spiro atoms. The molecule has 0 aromatic heterocycles. The third-order valence-electron chi connectivity index (χ3n) is 2.84. The van der Waals surface area contributed by atoms with Crippen LogP contribution in [0.4, 0.5) is 0 Å². The minimum absolute atomic E-state index is 0.234. The molecule has 0 aliphatic carbocycles. The van der Waals surface area contributed by atoms with Crippen LogP contribution in [0.15, 0.2) is 60.7 Å². The maximum absolute atomic E-state index is 9.01. The molecule has 2 rings (SSSR count). The van der Waals surface area contributed by atoms with E-state index >= 15 is 0 Å². The first-order valence-corrected chi connectivity index (χ1v) is 6.86. The molecule has 1 heteroatoms. The molecule has 0 saturated carbocycles. The van der Waals surface area contributed by atoms with Gasteiger partial charge in [-0.05, 0) is 30.4 Å². The molecule has 0 saturated heterocycles. The van der Waals surface area contributed by atoms with Gasteiger partial charge in [0.25, 0.3) is 0 Å². The van der Waals surface area contributed by atoms with Crippen molar-refractivity contribution in [3.05, 3.63) is 71.8 Å². The van der Waals surface area contributed by atoms with Crippen molar-refractivity contribution in [2.24, 2.45) is 0 Å². The molecule has 1 atom stereocenters. The van der Waals surface area contributed by atoms with Crippen molar-refractivity contribution in [3.8, 4) is 0 Å². The molecular weight excluding hydrogens is 232 g/mol. The van der Waals surface area contributed by atoms with Crippen molar-refractivity contribution >= 4 is 0 Å². The van der Waals surface area contributed by atoms with E-state index in [4.69, 9.17) is 5.11 Å². The molecule has 0 aliphatic heterocycles. The minimum atomic E-state index is -0.234. The third kappa shape index (κ3) is 6.78. The highest BCUT2D eigenvalue weighted by Crippen LogP contribution is 2.11. The summed E-state index contributed by atoms with van der Waals surface area (Å²) < 4.78 is 0. The van der Waals surface area contributed by atoms with Crippen LogP contribution in [0.2, 0.25) is 0 Å². The number of hydrogen-bond acceptors (Lipinski definition) is 1. The predicted molar refractivity (Wildman–Crippen MR) is 82.4 cm³/mol. The van der Waals surface area contributed by atoms with Gasteiger partial charge in [-0.15, -0.1) is 0 Å². The van der Waals surface area contributed by atoms with Gasteiger partial charge in [0.2, 0.25) is 0 Å². The molecule has 102 valence electrons. The monoisotopic (exact) mass is 256 g/mol. The van der Waals surface area contributed by atoms with Crippen molar-refractivity contribution in [1.82, 2.24) is 0 Å². The second kappa shape index (κ2) is 8.49. The second-order valence-corrected chi connectivity index (χ2v) is 5.10. The summed E-state index contributed by atoms with van der Waals surface area (Å²) in [4.78, 5) is 0. The lowest BCUT2D eigenvalue weighted by Crippen LogP contribution is -2.03. The number of aliphatic hydroxyl groups excluding tert-OH is 1. The zero-order valence-electron chi connectivity index (χ0n) is 12.1. The Morgan fingerprint density at radius 2 is 1.26 bits per heavy atom. The van der Waals surface area contributed by atoms with Gasteiger partial charge in [-0.25, -0.2) is 0 Å². The van der Waals surface area contributed by atoms with Crippen molar-refractivity contribution < 1.29 is 5.11 Å². The molecule has 1 nitrogen and oxygen atoms in total. The van der Waals surface area contributed by atoms with Gasteiger partial charge >= 0.3 is 0 Å². The van der Waals surface area contributed by atoms with Gasteiger partial charge in [0, 0.05) is 0 Å². The highest BCUT2D eigenvalue weighted by atomic mass is 16.3. The van der Waals surface area contributed by atoms with E-state index in [0.29, 0.717) is 5.92 Å². The van der Waals surface area contributed by atoms with Gasteiger partial charge in [-0.1, -0.05) is 74.5 Å². The summed E-state index contributed by atoms with van der Waals surface area (Å²) in [5, 5.41) is 9.01. The van der Waals surface area contributed by atoms with E-state index in [9.17, 15) is 0 Å². The van der Waals surface area contributed by atoms with E-state index in [-0.39, 0.29) is 6.10 Å². The Balaban J connectivity index is 0.000000191. The largest absolute Gasteiger partial charge is 0.393 e. The van der Waals surface area contributed by atoms with Crippen LogP contribution in [-0.2, 0) is 6.42 Å². The maximum Gasteiger partial charge on any atom is 0.0552 e. The Kier molecular flexibility index (Phi) is 6.91. The molecule has 0 aliphatic rings. The first-order chi connectivity index (χ1) is 9.09. The second-order valence-electron chi connectivity index (χ2n) is 5.10. The SMILES string of the molecule is CC(C)c1ccccc1.CC(O)Cc1ccccc1. The van der Waals surface area contributed by atoms with E-state index in [1.54, 1.807) is 6.92 Å². The Morgan fingerprint density at radius 3 is 1.63 bits per heavy atom. The van der Waals surface area contributed by atoms with Gasteiger partial charge in [0.15, 0.2) is 0 Å². The van der Waals surface area contributed by atoms with Crippen LogP contribution >= 0.6 is 0 Å². The summed E-state index contributed by atoms with van der Waals surface area (Å²) in [6.07, 6.45) is 0.517. The van der Waals surface area contributed by atoms with Gasteiger partial charge in [-0.2, -0.15) is 0 Å². The maximum atomic E-state index is 9.01. The molecule has 19 heavy (non-hydrogen) atoms. The average molecular weight is 256 g/mol. The smallest absolute Gasteiger partial charge is 0.0552 e. The number of aliphatic hydroxyl groups is 1. The fraction of sp³-hybridized carbons (Fsp3) is 0.333. The van der Waals surface area contributed by atoms with Gasteiger partial charge in [0.1, 0.15) is 0 Å². The van der Waals surface area contributed by atoms with Crippen molar-refractivity contribution in [3.63, 3.8) is 0 Å². The third-order valence-corrected chi connectivity index (χ3v) is 2.84. The van der Waals surface area contributed by atoms with E-state index in [2.05, 4.69) is 38.1 Å². The van der Waals surface area contributed by atoms with Crippen LogP contribution in [0.1, 0.15) is 37.8 Å². The fourth-order valence-corrected chi connectivity index (χ4v) is 1.79. The van der Waals surface area contributed by atoms with Crippen molar-refractivity contribution in [1.29, 1.82) is 0 Å². The first kappa shape index (κ1) is 15.5. The minimum Gasteiger partial charge on any atom is -0.393 e. The molecule has 0 amide bonds. The number of hydrogen-bond donors (Lipinski definition) is 1. The Bertz CT molecular complexity index is 432. The molecule has 2 aromatic carbocycles. The van der Waals surface area contributed by atoms with Crippen LogP contribution < -0.4 is 0 Å². The molecule has 0 heterocycles. The highest BCUT2D eigenvalue weighted by Gasteiger charge is 1.95. The summed E-state index contributed by atoms with van der Waals surface area (Å²) in [6.45, 7) is 6.21. The Hall–Kier alpha value is -1.60. The summed E-state index contributed by atoms with van der Waals surface area (Å²) >= 11 is 0. The van der Waals surface area contributed by atoms with Gasteiger partial charge < -0.3 is 5.11 Å². The molecule has 1 unspecified atom stereocenters. The quantitative estimate of drug-likeness (QED) is 0.862. The normalized spacial score (nSPS) is 11.6. The van der Waals surface area contributed by atoms with E-state index in [1.807, 2.05) is 36.4 Å². The van der Waals surface area contributed by atoms with E-state index < -0.39 is 0 Å². The summed E-state index contributed by atoms with van der Waals surface area (Å²) in [5.74, 6) is 0.659. The highest BCUT2D eigenvalue weighted by molar-refractivity contribution is 5.17. The average Bonchev–Trinajstić information content (AvgIpc) is 2.41. The first-order valence-electron chi connectivity index (χ1n) is 6.86. The van der Waals surface area contributed by atoms with E-state index in [0.717, 1.165) is 6.42 Å². The molecule has 0 radical (unpaired) electrons. The summed E-state index contributed by atoms with van der Waals surface area (Å²) in [7, 11) is 0. The fourth-order valence-electron chi connectivity index (χ4n) is 1.79. The molecule has 0 bridgehead atoms. The number of benzene rings is 2. The van der Waals surface area contributed by atoms with Gasteiger partial charge in [-0.3, -0.25) is 0 Å². The standard InChI is InChI=1S/C9H12O.C9H12/c1-8(10)7-9-5-3-2-4-6-9;1-8(2)9-6-4-3-5-7-9/h2-6,8,10H,7H2,1H3;3-8H,1-2H3. The lowest BCUT2D eigenvalue weighted by atomic mass is 10.0. The summed E-state index contributed by atoms with van der Waals surface area (Å²) in [5.41, 5.74) is 2.61. The molecule has 1 N–H and O–H groups in total. The zero-order valence-corrected chi connectivity index (χ0v) is 12.1. The molecular formula is C18H24O. The topological polar surface area (TPSA) is 20.2 Å². The molecule has 2 aromatic rings. The Labute approximate surface area is 116 Å². The van der Waals surface area contributed by atoms with Crippen LogP contribution in [-0.4, -0.2) is 11.2 Å². The van der Waals surface area contributed by atoms with Crippen LogP contribution in [0.25, 0.3) is 0 Å². The summed E-state index contributed by atoms with van der Waals surface area (Å²) in [6, 6.07) is 20.5. The number of rotatable bonds is 3. The predicted octanol–water partition coefficient (Wildman–Crippen LogP) is 4.42. The lowest BCUT2D eigenvalue weighted by molar-refractivity contribution is 0.195. The van der Waals surface area contributed by atoms with Crippen LogP contribution in [0.5, 0.6) is 0 Å². The van der Waals surface area contributed by atoms with E-state index in [1.165, 1.54) is 11.1 Å². The van der Waals surface area contributed by atoms with Crippen molar-refractivity contribution in [2.75, 3.05) is 0 Å². The van der Waals surface area contributed by atoms with Crippen molar-refractivity contribution in [2.45, 2.75) is 39.2 Å². The van der Waals surface area contributed by atoms with Gasteiger partial charge in [0.05, 0.1) is 6.10 Å². The Morgan fingerprint density at radius 1 is 0.789 bits per heavy atom. The lowest BCUT2D eigenvalue weighted by Gasteiger charge is -2.01. The van der Waals surface area contributed by atoms with Crippen LogP contribution in [0.3, 0.4) is 0 Å². The zero-order chi connectivity index (χ0) is 14.1. The van der Waals surface area contributed by atoms with Crippen LogP contribution in [0, 0.1) is 0 Å².